The zero-order chi connectivity index (χ0) is 15.0. The van der Waals surface area contributed by atoms with E-state index in [0.717, 1.165) is 0 Å². The number of rotatable bonds is 6. The Morgan fingerprint density at radius 3 is 1.44 bits per heavy atom. The van der Waals surface area contributed by atoms with Crippen LogP contribution < -0.4 is 0 Å². The fourth-order valence-electron chi connectivity index (χ4n) is 0.425. The molecule has 110 valence electrons. The van der Waals surface area contributed by atoms with Gasteiger partial charge in [0, 0.05) is 22.6 Å². The van der Waals surface area contributed by atoms with Crippen LogP contribution in [0.1, 0.15) is 0 Å². The molecule has 0 saturated heterocycles. The molecule has 0 radical (unpaired) electrons. The quantitative estimate of drug-likeness (QED) is 0.308. The molecule has 0 heterocycles. The van der Waals surface area contributed by atoms with Crippen molar-refractivity contribution in [3.8, 4) is 0 Å². The Morgan fingerprint density at radius 1 is 0.778 bits per heavy atom. The zero-order valence-corrected chi connectivity index (χ0v) is 10.5. The standard InChI is InChI=1S/C4HF8IO4S/c5-1(6,13)2(7,8)16-3(9,10)4(11,12)17-18(14)15/h18H. The van der Waals surface area contributed by atoms with Crippen LogP contribution in [0, 0.1) is 0 Å². The van der Waals surface area contributed by atoms with Gasteiger partial charge in [0.15, 0.2) is 0 Å². The first-order chi connectivity index (χ1) is 7.62. The maximum absolute atomic E-state index is 12.4. The molecule has 0 spiro atoms. The molecule has 0 aliphatic heterocycles. The third-order valence-electron chi connectivity index (χ3n) is 1.11. The number of ether oxygens (including phenoxy) is 1. The Balaban J connectivity index is 5.18. The molecule has 0 aliphatic carbocycles. The molecule has 0 aliphatic rings. The van der Waals surface area contributed by atoms with Crippen molar-refractivity contribution in [1.82, 2.24) is 0 Å². The van der Waals surface area contributed by atoms with E-state index < -0.39 is 33.2 Å². The van der Waals surface area contributed by atoms with Crippen LogP contribution >= 0.6 is 22.6 Å². The Kier molecular flexibility index (Phi) is 5.21. The molecule has 14 heteroatoms. The molecular weight excluding hydrogens is 423 g/mol. The number of hydrogen-bond donors (Lipinski definition) is 1. The Labute approximate surface area is 109 Å². The van der Waals surface area contributed by atoms with Crippen LogP contribution in [-0.4, -0.2) is 30.7 Å². The lowest BCUT2D eigenvalue weighted by molar-refractivity contribution is -0.480. The molecule has 0 aromatic rings. The van der Waals surface area contributed by atoms with Gasteiger partial charge in [-0.1, -0.05) is 0 Å². The van der Waals surface area contributed by atoms with Gasteiger partial charge in [-0.15, -0.1) is 0 Å². The van der Waals surface area contributed by atoms with Crippen molar-refractivity contribution in [2.45, 2.75) is 22.3 Å². The lowest BCUT2D eigenvalue weighted by atomic mass is 10.5. The monoisotopic (exact) mass is 424 g/mol. The van der Waals surface area contributed by atoms with E-state index in [1.807, 2.05) is 4.74 Å². The summed E-state index contributed by atoms with van der Waals surface area (Å²) in [5.74, 6) is 0. The normalized spacial score (nSPS) is 15.2. The molecule has 0 amide bonds. The predicted octanol–water partition coefficient (Wildman–Crippen LogP) is 2.35. The summed E-state index contributed by atoms with van der Waals surface area (Å²) in [5, 5.41) is 0. The van der Waals surface area contributed by atoms with E-state index in [9.17, 15) is 43.5 Å². The van der Waals surface area contributed by atoms with Crippen molar-refractivity contribution < 1.29 is 52.5 Å². The molecule has 18 heavy (non-hydrogen) atoms. The van der Waals surface area contributed by atoms with Crippen molar-refractivity contribution in [2.75, 3.05) is 0 Å². The van der Waals surface area contributed by atoms with E-state index in [0.29, 0.717) is 0 Å². The molecule has 0 rings (SSSR count). The fourth-order valence-corrected chi connectivity index (χ4v) is 0.829. The first kappa shape index (κ1) is 18.0. The summed E-state index contributed by atoms with van der Waals surface area (Å²) in [4.78, 5) is 0. The second kappa shape index (κ2) is 5.20. The summed E-state index contributed by atoms with van der Waals surface area (Å²) < 4.78 is 116. The Hall–Kier alpha value is 0.0400. The maximum Gasteiger partial charge on any atom is 0.462 e. The first-order valence-electron chi connectivity index (χ1n) is 3.36. The van der Waals surface area contributed by atoms with Gasteiger partial charge >= 0.3 is 22.3 Å². The highest BCUT2D eigenvalue weighted by Gasteiger charge is 2.70. The van der Waals surface area contributed by atoms with Gasteiger partial charge in [0.05, 0.1) is 0 Å². The number of alkyl halides is 9. The second-order valence-electron chi connectivity index (χ2n) is 2.47. The van der Waals surface area contributed by atoms with Crippen LogP contribution in [0.2, 0.25) is 0 Å². The molecule has 0 unspecified atom stereocenters. The molecule has 0 bridgehead atoms. The van der Waals surface area contributed by atoms with E-state index in [2.05, 4.69) is 4.18 Å². The van der Waals surface area contributed by atoms with Gasteiger partial charge in [-0.2, -0.15) is 39.3 Å². The van der Waals surface area contributed by atoms with Crippen LogP contribution in [0.4, 0.5) is 35.1 Å². The van der Waals surface area contributed by atoms with Gasteiger partial charge in [-0.3, -0.25) is 0 Å². The molecular formula is C4HF8IO4S. The summed E-state index contributed by atoms with van der Waals surface area (Å²) >= 11 is -0.334. The minimum Gasteiger partial charge on any atom is -0.243 e. The van der Waals surface area contributed by atoms with Crippen LogP contribution in [0.15, 0.2) is 0 Å². The number of halogens is 9. The molecule has 0 aromatic heterocycles. The number of hydrogen-bond acceptors (Lipinski definition) is 4. The summed E-state index contributed by atoms with van der Waals surface area (Å²) in [6, 6.07) is 0. The van der Waals surface area contributed by atoms with Gasteiger partial charge in [0.1, 0.15) is 0 Å². The third-order valence-corrected chi connectivity index (χ3v) is 2.12. The van der Waals surface area contributed by atoms with Crippen LogP contribution in [0.3, 0.4) is 0 Å². The van der Waals surface area contributed by atoms with Crippen molar-refractivity contribution in [2.24, 2.45) is 0 Å². The van der Waals surface area contributed by atoms with Gasteiger partial charge in [0.2, 0.25) is 0 Å². The topological polar surface area (TPSA) is 52.6 Å². The van der Waals surface area contributed by atoms with Gasteiger partial charge < -0.3 is 0 Å². The molecule has 0 saturated carbocycles. The largest absolute Gasteiger partial charge is 0.462 e. The van der Waals surface area contributed by atoms with Gasteiger partial charge in [0.25, 0.3) is 11.0 Å². The summed E-state index contributed by atoms with van der Waals surface area (Å²) in [5.41, 5.74) is 0. The lowest BCUT2D eigenvalue weighted by Gasteiger charge is -2.29. The maximum atomic E-state index is 12.4. The SMILES string of the molecule is O=[SH](=O)OC(F)(F)C(F)(F)OC(F)(F)C(F)(F)I. The van der Waals surface area contributed by atoms with Crippen LogP contribution in [0.25, 0.3) is 0 Å². The van der Waals surface area contributed by atoms with Crippen molar-refractivity contribution in [3.05, 3.63) is 0 Å². The second-order valence-corrected chi connectivity index (χ2v) is 4.45. The van der Waals surface area contributed by atoms with Crippen LogP contribution in [-0.2, 0) is 19.9 Å². The van der Waals surface area contributed by atoms with E-state index in [-0.39, 0.29) is 22.6 Å². The number of thiol groups is 1. The summed E-state index contributed by atoms with van der Waals surface area (Å²) in [6.45, 7) is 0. The van der Waals surface area contributed by atoms with Gasteiger partial charge in [-0.25, -0.2) is 13.2 Å². The Morgan fingerprint density at radius 2 is 1.17 bits per heavy atom. The van der Waals surface area contributed by atoms with Crippen LogP contribution in [0.5, 0.6) is 0 Å². The zero-order valence-electron chi connectivity index (χ0n) is 7.48. The molecule has 0 fully saturated rings. The smallest absolute Gasteiger partial charge is 0.243 e. The first-order valence-corrected chi connectivity index (χ1v) is 5.54. The Bertz CT molecular complexity index is 368. The van der Waals surface area contributed by atoms with E-state index in [1.54, 1.807) is 0 Å². The van der Waals surface area contributed by atoms with Crippen molar-refractivity contribution >= 4 is 33.6 Å². The molecule has 4 nitrogen and oxygen atoms in total. The molecule has 0 aromatic carbocycles. The minimum absolute atomic E-state index is 0.334. The molecule has 0 N–H and O–H groups in total. The van der Waals surface area contributed by atoms with Crippen molar-refractivity contribution in [3.63, 3.8) is 0 Å². The minimum atomic E-state index is -6.31. The summed E-state index contributed by atoms with van der Waals surface area (Å²) in [7, 11) is -4.57. The lowest BCUT2D eigenvalue weighted by Crippen LogP contribution is -2.52. The van der Waals surface area contributed by atoms with E-state index >= 15 is 0 Å². The highest BCUT2D eigenvalue weighted by molar-refractivity contribution is 14.1. The third kappa shape index (κ3) is 4.30. The predicted molar refractivity (Wildman–Crippen MR) is 46.3 cm³/mol. The average molecular weight is 424 g/mol. The average Bonchev–Trinajstić information content (AvgIpc) is 1.95. The highest BCUT2D eigenvalue weighted by atomic mass is 127. The summed E-state index contributed by atoms with van der Waals surface area (Å²) in [6.07, 6.45) is -18.4. The fraction of sp³-hybridized carbons (Fsp3) is 1.00. The molecule has 0 atom stereocenters. The van der Waals surface area contributed by atoms with E-state index in [1.165, 1.54) is 0 Å². The van der Waals surface area contributed by atoms with Gasteiger partial charge in [-0.05, 0) is 0 Å². The van der Waals surface area contributed by atoms with E-state index in [4.69, 9.17) is 0 Å². The highest BCUT2D eigenvalue weighted by Crippen LogP contribution is 2.47. The van der Waals surface area contributed by atoms with Crippen molar-refractivity contribution in [1.29, 1.82) is 0 Å².